The second kappa shape index (κ2) is 10.7. The summed E-state index contributed by atoms with van der Waals surface area (Å²) in [5, 5.41) is 12.7. The number of allylic oxidation sites excluding steroid dienone is 4. The van der Waals surface area contributed by atoms with E-state index in [0.29, 0.717) is 12.8 Å². The lowest BCUT2D eigenvalue weighted by atomic mass is 9.60. The number of carbonyl (C=O) groups is 1. The highest BCUT2D eigenvalue weighted by atomic mass is 32.2. The van der Waals surface area contributed by atoms with Gasteiger partial charge in [0.1, 0.15) is 11.5 Å². The molecule has 1 aromatic carbocycles. The van der Waals surface area contributed by atoms with Crippen LogP contribution in [0.25, 0.3) is 5.69 Å². The molecule has 0 amide bonds. The Kier molecular flexibility index (Phi) is 7.40. The Hall–Kier alpha value is -3.77. The number of aromatic nitrogens is 5. The minimum Gasteiger partial charge on any atom is -0.292 e. The third kappa shape index (κ3) is 4.75. The molecule has 0 spiro atoms. The van der Waals surface area contributed by atoms with E-state index in [2.05, 4.69) is 27.0 Å². The molecule has 12 heteroatoms. The minimum absolute atomic E-state index is 0.0305. The van der Waals surface area contributed by atoms with Gasteiger partial charge in [0.2, 0.25) is 5.03 Å². The quantitative estimate of drug-likeness (QED) is 0.234. The lowest BCUT2D eigenvalue weighted by Gasteiger charge is -2.49. The van der Waals surface area contributed by atoms with E-state index in [-0.39, 0.29) is 53.8 Å². The summed E-state index contributed by atoms with van der Waals surface area (Å²) in [4.78, 5) is 19.6. The van der Waals surface area contributed by atoms with Crippen LogP contribution < -0.4 is 0 Å². The predicted octanol–water partition coefficient (Wildman–Crippen LogP) is 3.71. The lowest BCUT2D eigenvalue weighted by Crippen LogP contribution is -2.58. The number of rotatable bonds is 8. The number of carbonyl (C=O) groups excluding carboxylic acids is 1. The molecule has 1 saturated heterocycles. The summed E-state index contributed by atoms with van der Waals surface area (Å²) >= 11 is 0. The molecule has 1 fully saturated rings. The number of Topliss-reactive ketones (excluding diaryl/α,β-unsaturated/α-hetero) is 1. The van der Waals surface area contributed by atoms with Gasteiger partial charge in [-0.1, -0.05) is 12.2 Å². The topological polar surface area (TPSA) is 115 Å². The highest BCUT2D eigenvalue weighted by Gasteiger charge is 2.55. The van der Waals surface area contributed by atoms with Crippen molar-refractivity contribution in [1.82, 2.24) is 29.1 Å². The molecule has 1 aliphatic heterocycles. The first-order valence-corrected chi connectivity index (χ1v) is 14.6. The van der Waals surface area contributed by atoms with Crippen LogP contribution in [0.4, 0.5) is 4.39 Å². The van der Waals surface area contributed by atoms with Gasteiger partial charge in [-0.25, -0.2) is 17.5 Å². The molecule has 2 aliphatic rings. The molecule has 40 heavy (non-hydrogen) atoms. The zero-order valence-corrected chi connectivity index (χ0v) is 23.6. The first-order valence-electron chi connectivity index (χ1n) is 13.2. The van der Waals surface area contributed by atoms with Gasteiger partial charge in [-0.15, -0.1) is 5.10 Å². The van der Waals surface area contributed by atoms with Crippen molar-refractivity contribution in [3.05, 3.63) is 77.7 Å². The number of aliphatic imine (C=N–C) groups is 1. The Balaban J connectivity index is 1.57. The van der Waals surface area contributed by atoms with E-state index >= 15 is 0 Å². The Morgan fingerprint density at radius 3 is 2.62 bits per heavy atom. The van der Waals surface area contributed by atoms with Gasteiger partial charge in [-0.05, 0) is 88.6 Å². The molecular weight excluding hydrogens is 533 g/mol. The molecule has 0 unspecified atom stereocenters. The van der Waals surface area contributed by atoms with Gasteiger partial charge in [0.15, 0.2) is 5.78 Å². The lowest BCUT2D eigenvalue weighted by molar-refractivity contribution is -0.131. The summed E-state index contributed by atoms with van der Waals surface area (Å²) in [6, 6.07) is 5.98. The Morgan fingerprint density at radius 1 is 1.23 bits per heavy atom. The van der Waals surface area contributed by atoms with Gasteiger partial charge < -0.3 is 0 Å². The van der Waals surface area contributed by atoms with E-state index in [4.69, 9.17) is 0 Å². The van der Waals surface area contributed by atoms with Gasteiger partial charge in [0.05, 0.1) is 29.5 Å². The number of piperidine rings is 1. The molecule has 2 atom stereocenters. The van der Waals surface area contributed by atoms with Gasteiger partial charge >= 0.3 is 0 Å². The van der Waals surface area contributed by atoms with E-state index in [9.17, 15) is 17.6 Å². The normalized spacial score (nSPS) is 21.9. The molecule has 10 nitrogen and oxygen atoms in total. The number of hydrogen-bond donors (Lipinski definition) is 0. The summed E-state index contributed by atoms with van der Waals surface area (Å²) < 4.78 is 44.1. The van der Waals surface area contributed by atoms with Crippen LogP contribution in [0.1, 0.15) is 44.5 Å². The van der Waals surface area contributed by atoms with Crippen molar-refractivity contribution in [1.29, 1.82) is 0 Å². The largest absolute Gasteiger partial charge is 0.292 e. The van der Waals surface area contributed by atoms with E-state index in [1.807, 2.05) is 20.8 Å². The monoisotopic (exact) mass is 565 g/mol. The van der Waals surface area contributed by atoms with Crippen molar-refractivity contribution in [2.75, 3.05) is 13.1 Å². The molecule has 1 aliphatic carbocycles. The number of halogens is 1. The molecular formula is C28H32FN7O3S. The molecule has 5 rings (SSSR count). The molecule has 0 bridgehead atoms. The molecule has 3 aromatic rings. The van der Waals surface area contributed by atoms with Crippen LogP contribution >= 0.6 is 0 Å². The summed E-state index contributed by atoms with van der Waals surface area (Å²) in [5.41, 5.74) is 1.59. The maximum atomic E-state index is 14.3. The van der Waals surface area contributed by atoms with Crippen LogP contribution in [0.15, 0.2) is 70.6 Å². The van der Waals surface area contributed by atoms with E-state index in [1.165, 1.54) is 27.4 Å². The fourth-order valence-electron chi connectivity index (χ4n) is 5.69. The predicted molar refractivity (Wildman–Crippen MR) is 148 cm³/mol. The van der Waals surface area contributed by atoms with Crippen molar-refractivity contribution in [3.8, 4) is 5.69 Å². The Labute approximate surface area is 233 Å². The summed E-state index contributed by atoms with van der Waals surface area (Å²) in [6.07, 6.45) is 9.31. The van der Waals surface area contributed by atoms with Gasteiger partial charge in [0.25, 0.3) is 10.0 Å². The van der Waals surface area contributed by atoms with Crippen LogP contribution in [0.2, 0.25) is 0 Å². The first kappa shape index (κ1) is 27.8. The van der Waals surface area contributed by atoms with Crippen LogP contribution in [-0.4, -0.2) is 63.1 Å². The van der Waals surface area contributed by atoms with E-state index in [0.717, 1.165) is 16.9 Å². The van der Waals surface area contributed by atoms with Crippen molar-refractivity contribution in [2.45, 2.75) is 51.1 Å². The molecule has 0 radical (unpaired) electrons. The molecule has 2 aromatic heterocycles. The Bertz CT molecular complexity index is 1600. The van der Waals surface area contributed by atoms with Gasteiger partial charge in [0, 0.05) is 18.8 Å². The minimum atomic E-state index is -4.01. The zero-order chi connectivity index (χ0) is 28.7. The van der Waals surface area contributed by atoms with E-state index in [1.54, 1.807) is 41.2 Å². The van der Waals surface area contributed by atoms with Crippen LogP contribution in [-0.2, 0) is 27.7 Å². The Morgan fingerprint density at radius 2 is 1.98 bits per heavy atom. The maximum absolute atomic E-state index is 14.3. The number of hydrogen-bond acceptors (Lipinski definition) is 7. The SMILES string of the molecule is C=N/C(=C\C=C/C)C(=O)[C@]12Cc3cnn(-c4ccc(F)cc4)c3C[C@@H]1CCN(S(=O)(=O)c1cnn(C(C)C)n1)C2. The van der Waals surface area contributed by atoms with Crippen molar-refractivity contribution in [3.63, 3.8) is 0 Å². The summed E-state index contributed by atoms with van der Waals surface area (Å²) in [5.74, 6) is -0.776. The number of sulfonamides is 1. The third-order valence-corrected chi connectivity index (χ3v) is 9.50. The highest BCUT2D eigenvalue weighted by molar-refractivity contribution is 7.89. The molecule has 3 heterocycles. The van der Waals surface area contributed by atoms with Crippen LogP contribution in [0, 0.1) is 17.2 Å². The third-order valence-electron chi connectivity index (χ3n) is 7.79. The van der Waals surface area contributed by atoms with Crippen LogP contribution in [0.3, 0.4) is 0 Å². The first-order chi connectivity index (χ1) is 19.1. The summed E-state index contributed by atoms with van der Waals surface area (Å²) in [7, 11) is -4.01. The van der Waals surface area contributed by atoms with Gasteiger partial charge in [-0.3, -0.25) is 9.79 Å². The fourth-order valence-corrected chi connectivity index (χ4v) is 7.07. The average Bonchev–Trinajstić information content (AvgIpc) is 3.60. The van der Waals surface area contributed by atoms with E-state index < -0.39 is 15.4 Å². The smallest absolute Gasteiger partial charge is 0.264 e. The molecule has 0 saturated carbocycles. The van der Waals surface area contributed by atoms with Gasteiger partial charge in [-0.2, -0.15) is 19.3 Å². The van der Waals surface area contributed by atoms with Crippen LogP contribution in [0.5, 0.6) is 0 Å². The molecule has 0 N–H and O–H groups in total. The van der Waals surface area contributed by atoms with Crippen molar-refractivity contribution < 1.29 is 17.6 Å². The van der Waals surface area contributed by atoms with Crippen molar-refractivity contribution >= 4 is 22.5 Å². The fraction of sp³-hybridized carbons (Fsp3) is 0.393. The number of ketones is 1. The highest BCUT2D eigenvalue weighted by Crippen LogP contribution is 2.48. The summed E-state index contributed by atoms with van der Waals surface area (Å²) in [6.45, 7) is 9.38. The molecule has 210 valence electrons. The van der Waals surface area contributed by atoms with Crippen molar-refractivity contribution in [2.24, 2.45) is 16.3 Å². The second-order valence-electron chi connectivity index (χ2n) is 10.5. The number of nitrogens with zero attached hydrogens (tertiary/aromatic N) is 7. The zero-order valence-electron chi connectivity index (χ0n) is 22.7. The number of fused-ring (bicyclic) bond motifs is 2. The average molecular weight is 566 g/mol. The maximum Gasteiger partial charge on any atom is 0.264 e. The number of benzene rings is 1. The standard InChI is InChI=1S/C28H32FN7O3S/c1-5-6-7-24(30-4)27(37)28-15-20-16-31-35(23-10-8-22(29)9-11-23)25(20)14-21(28)12-13-34(18-28)40(38,39)26-17-32-36(33-26)19(2)3/h5-11,16-17,19,21H,4,12-15,18H2,1-3H3/b6-5-,24-7-/t21-,28-/m0/s1. The second-order valence-corrected chi connectivity index (χ2v) is 12.4.